The number of nitrogens with one attached hydrogen (secondary N) is 1. The quantitative estimate of drug-likeness (QED) is 0.863. The van der Waals surface area contributed by atoms with Crippen LogP contribution >= 0.6 is 0 Å². The molecule has 0 bridgehead atoms. The van der Waals surface area contributed by atoms with Gasteiger partial charge in [-0.3, -0.25) is 4.79 Å². The first-order valence-electron chi connectivity index (χ1n) is 7.98. The van der Waals surface area contributed by atoms with Crippen LogP contribution in [0.5, 0.6) is 11.5 Å². The van der Waals surface area contributed by atoms with E-state index in [4.69, 9.17) is 4.74 Å². The molecule has 1 saturated heterocycles. The molecule has 2 aromatic carbocycles. The molecule has 2 aromatic rings. The van der Waals surface area contributed by atoms with Crippen molar-refractivity contribution < 1.29 is 14.3 Å². The topological polar surface area (TPSA) is 58.6 Å². The summed E-state index contributed by atoms with van der Waals surface area (Å²) in [5.41, 5.74) is 1.74. The summed E-state index contributed by atoms with van der Waals surface area (Å²) in [6.45, 7) is 5.93. The van der Waals surface area contributed by atoms with Gasteiger partial charge in [-0.1, -0.05) is 26.0 Å². The van der Waals surface area contributed by atoms with Gasteiger partial charge in [0.1, 0.15) is 17.5 Å². The lowest BCUT2D eigenvalue weighted by Gasteiger charge is -2.14. The predicted molar refractivity (Wildman–Crippen MR) is 92.5 cm³/mol. The van der Waals surface area contributed by atoms with Gasteiger partial charge in [-0.2, -0.15) is 0 Å². The molecule has 0 radical (unpaired) electrons. The second kappa shape index (κ2) is 6.35. The van der Waals surface area contributed by atoms with Gasteiger partial charge in [0.25, 0.3) is 5.91 Å². The number of urea groups is 1. The third-order valence-corrected chi connectivity index (χ3v) is 3.99. The fourth-order valence-corrected chi connectivity index (χ4v) is 2.59. The summed E-state index contributed by atoms with van der Waals surface area (Å²) in [6, 6.07) is 14.0. The maximum atomic E-state index is 12.0. The Morgan fingerprint density at radius 3 is 2.33 bits per heavy atom. The van der Waals surface area contributed by atoms with Crippen LogP contribution in [0.25, 0.3) is 0 Å². The Labute approximate surface area is 141 Å². The van der Waals surface area contributed by atoms with Crippen LogP contribution in [0.15, 0.2) is 48.5 Å². The van der Waals surface area contributed by atoms with Crippen molar-refractivity contribution in [1.29, 1.82) is 0 Å². The van der Waals surface area contributed by atoms with Gasteiger partial charge in [-0.05, 0) is 54.8 Å². The van der Waals surface area contributed by atoms with E-state index in [2.05, 4.69) is 25.2 Å². The number of imide groups is 1. The van der Waals surface area contributed by atoms with E-state index in [1.165, 1.54) is 5.56 Å². The first-order chi connectivity index (χ1) is 11.5. The van der Waals surface area contributed by atoms with E-state index in [9.17, 15) is 9.59 Å². The van der Waals surface area contributed by atoms with Gasteiger partial charge in [-0.25, -0.2) is 9.69 Å². The molecule has 1 atom stereocenters. The highest BCUT2D eigenvalue weighted by molar-refractivity contribution is 6.21. The SMILES string of the molecule is CC(C)c1cccc(Oc2ccc(N3C(=O)N[C@H](C)C3=O)cc2)c1. The normalized spacial score (nSPS) is 17.3. The maximum Gasteiger partial charge on any atom is 0.329 e. The van der Waals surface area contributed by atoms with Crippen molar-refractivity contribution >= 4 is 17.6 Å². The molecule has 24 heavy (non-hydrogen) atoms. The third-order valence-electron chi connectivity index (χ3n) is 3.99. The average Bonchev–Trinajstić information content (AvgIpc) is 2.81. The zero-order valence-electron chi connectivity index (χ0n) is 13.9. The number of amides is 3. The van der Waals surface area contributed by atoms with Crippen LogP contribution in [0.3, 0.4) is 0 Å². The second-order valence-electron chi connectivity index (χ2n) is 6.17. The van der Waals surface area contributed by atoms with Crippen LogP contribution in [0.4, 0.5) is 10.5 Å². The molecule has 1 fully saturated rings. The van der Waals surface area contributed by atoms with Crippen molar-refractivity contribution in [2.45, 2.75) is 32.7 Å². The molecule has 1 heterocycles. The smallest absolute Gasteiger partial charge is 0.329 e. The van der Waals surface area contributed by atoms with E-state index in [1.54, 1.807) is 31.2 Å². The van der Waals surface area contributed by atoms with E-state index in [-0.39, 0.29) is 5.91 Å². The van der Waals surface area contributed by atoms with Crippen molar-refractivity contribution in [3.05, 3.63) is 54.1 Å². The van der Waals surface area contributed by atoms with Gasteiger partial charge in [0.2, 0.25) is 0 Å². The zero-order chi connectivity index (χ0) is 17.3. The standard InChI is InChI=1S/C19H20N2O3/c1-12(2)14-5-4-6-17(11-14)24-16-9-7-15(8-10-16)21-18(22)13(3)20-19(21)23/h4-13H,1-3H3,(H,20,23)/t13-/m1/s1. The molecule has 0 aromatic heterocycles. The van der Waals surface area contributed by atoms with E-state index in [0.717, 1.165) is 10.6 Å². The Kier molecular flexibility index (Phi) is 4.25. The molecule has 3 rings (SSSR count). The highest BCUT2D eigenvalue weighted by atomic mass is 16.5. The number of hydrogen-bond acceptors (Lipinski definition) is 3. The minimum absolute atomic E-state index is 0.252. The minimum atomic E-state index is -0.493. The lowest BCUT2D eigenvalue weighted by Crippen LogP contribution is -2.30. The van der Waals surface area contributed by atoms with Crippen LogP contribution < -0.4 is 15.0 Å². The molecule has 0 aliphatic carbocycles. The van der Waals surface area contributed by atoms with Crippen LogP contribution in [-0.4, -0.2) is 18.0 Å². The number of carbonyl (C=O) groups excluding carboxylic acids is 2. The Hall–Kier alpha value is -2.82. The molecule has 1 aliphatic heterocycles. The molecule has 0 unspecified atom stereocenters. The summed E-state index contributed by atoms with van der Waals surface area (Å²) in [5.74, 6) is 1.59. The number of ether oxygens (including phenoxy) is 1. The fraction of sp³-hybridized carbons (Fsp3) is 0.263. The molecule has 5 nitrogen and oxygen atoms in total. The number of anilines is 1. The molecule has 124 valence electrons. The largest absolute Gasteiger partial charge is 0.457 e. The Morgan fingerprint density at radius 2 is 1.75 bits per heavy atom. The van der Waals surface area contributed by atoms with Gasteiger partial charge >= 0.3 is 6.03 Å². The Balaban J connectivity index is 1.77. The Bertz CT molecular complexity index is 768. The molecule has 1 N–H and O–H groups in total. The van der Waals surface area contributed by atoms with Crippen LogP contribution in [-0.2, 0) is 4.79 Å². The van der Waals surface area contributed by atoms with Crippen molar-refractivity contribution in [3.8, 4) is 11.5 Å². The fourth-order valence-electron chi connectivity index (χ4n) is 2.59. The lowest BCUT2D eigenvalue weighted by molar-refractivity contribution is -0.117. The second-order valence-corrected chi connectivity index (χ2v) is 6.17. The van der Waals surface area contributed by atoms with E-state index < -0.39 is 12.1 Å². The predicted octanol–water partition coefficient (Wildman–Crippen LogP) is 4.05. The van der Waals surface area contributed by atoms with Crippen molar-refractivity contribution in [2.75, 3.05) is 4.90 Å². The lowest BCUT2D eigenvalue weighted by atomic mass is 10.0. The summed E-state index contributed by atoms with van der Waals surface area (Å²) in [4.78, 5) is 25.0. The summed E-state index contributed by atoms with van der Waals surface area (Å²) >= 11 is 0. The summed E-state index contributed by atoms with van der Waals surface area (Å²) in [5, 5.41) is 2.59. The maximum absolute atomic E-state index is 12.0. The van der Waals surface area contributed by atoms with Gasteiger partial charge in [-0.15, -0.1) is 0 Å². The van der Waals surface area contributed by atoms with Gasteiger partial charge in [0, 0.05) is 0 Å². The number of benzene rings is 2. The summed E-state index contributed by atoms with van der Waals surface area (Å²) in [6.07, 6.45) is 0. The van der Waals surface area contributed by atoms with Gasteiger partial charge < -0.3 is 10.1 Å². The van der Waals surface area contributed by atoms with Crippen molar-refractivity contribution in [2.24, 2.45) is 0 Å². The van der Waals surface area contributed by atoms with Crippen molar-refractivity contribution in [3.63, 3.8) is 0 Å². The monoisotopic (exact) mass is 324 g/mol. The molecule has 0 saturated carbocycles. The molecule has 5 heteroatoms. The zero-order valence-corrected chi connectivity index (χ0v) is 13.9. The summed E-state index contributed by atoms with van der Waals surface area (Å²) in [7, 11) is 0. The van der Waals surface area contributed by atoms with Crippen LogP contribution in [0, 0.1) is 0 Å². The number of nitrogens with zero attached hydrogens (tertiary/aromatic N) is 1. The van der Waals surface area contributed by atoms with Crippen LogP contribution in [0.1, 0.15) is 32.3 Å². The molecule has 3 amide bonds. The first kappa shape index (κ1) is 16.1. The molecule has 0 spiro atoms. The van der Waals surface area contributed by atoms with Gasteiger partial charge in [0.15, 0.2) is 0 Å². The molecular formula is C19H20N2O3. The number of carbonyl (C=O) groups is 2. The van der Waals surface area contributed by atoms with Crippen molar-refractivity contribution in [1.82, 2.24) is 5.32 Å². The highest BCUT2D eigenvalue weighted by Crippen LogP contribution is 2.28. The van der Waals surface area contributed by atoms with Gasteiger partial charge in [0.05, 0.1) is 5.69 Å². The van der Waals surface area contributed by atoms with E-state index >= 15 is 0 Å². The third kappa shape index (κ3) is 3.11. The summed E-state index contributed by atoms with van der Waals surface area (Å²) < 4.78 is 5.86. The highest BCUT2D eigenvalue weighted by Gasteiger charge is 2.36. The average molecular weight is 324 g/mol. The number of hydrogen-bond donors (Lipinski definition) is 1. The van der Waals surface area contributed by atoms with E-state index in [1.807, 2.05) is 18.2 Å². The molecular weight excluding hydrogens is 304 g/mol. The van der Waals surface area contributed by atoms with E-state index in [0.29, 0.717) is 17.4 Å². The van der Waals surface area contributed by atoms with Crippen LogP contribution in [0.2, 0.25) is 0 Å². The molecule has 1 aliphatic rings. The minimum Gasteiger partial charge on any atom is -0.457 e. The Morgan fingerprint density at radius 1 is 1.04 bits per heavy atom. The first-order valence-corrected chi connectivity index (χ1v) is 7.98. The number of rotatable bonds is 4.